The average Bonchev–Trinajstić information content (AvgIpc) is 2.34. The summed E-state index contributed by atoms with van der Waals surface area (Å²) in [5.41, 5.74) is 1.93. The Bertz CT molecular complexity index is 286. The minimum Gasteiger partial charge on any atom is -0.358 e. The van der Waals surface area contributed by atoms with E-state index in [0.29, 0.717) is 6.54 Å². The third-order valence-corrected chi connectivity index (χ3v) is 1.70. The molecule has 1 aliphatic rings. The summed E-state index contributed by atoms with van der Waals surface area (Å²) in [5.74, 6) is 0.0515. The number of benzene rings is 1. The number of carbonyl (C=O) groups excluding carboxylic acids is 1. The van der Waals surface area contributed by atoms with Gasteiger partial charge in [0.2, 0.25) is 0 Å². The summed E-state index contributed by atoms with van der Waals surface area (Å²) in [5, 5.41) is 2.75. The Kier molecular flexibility index (Phi) is 4.19. The van der Waals surface area contributed by atoms with E-state index < -0.39 is 0 Å². The van der Waals surface area contributed by atoms with Crippen molar-refractivity contribution in [3.63, 3.8) is 0 Å². The molecule has 12 heavy (non-hydrogen) atoms. The fraction of sp³-hybridized carbons (Fsp3) is 0.111. The molecule has 0 spiro atoms. The van der Waals surface area contributed by atoms with Crippen molar-refractivity contribution < 1.29 is 25.9 Å². The first-order valence-corrected chi connectivity index (χ1v) is 3.24. The van der Waals surface area contributed by atoms with E-state index in [1.54, 1.807) is 0 Å². The van der Waals surface area contributed by atoms with Crippen molar-refractivity contribution in [2.24, 2.45) is 0 Å². The normalized spacial score (nSPS) is 12.2. The molecule has 2 nitrogen and oxygen atoms in total. The van der Waals surface area contributed by atoms with Crippen LogP contribution in [0.1, 0.15) is 15.9 Å². The molecule has 0 radical (unpaired) electrons. The van der Waals surface area contributed by atoms with Crippen LogP contribution in [0.4, 0.5) is 0 Å². The molecule has 0 saturated heterocycles. The quantitative estimate of drug-likeness (QED) is 0.715. The van der Waals surface area contributed by atoms with E-state index in [2.05, 4.69) is 5.32 Å². The monoisotopic (exact) mass is 332 g/mol. The van der Waals surface area contributed by atoms with Gasteiger partial charge in [-0.3, -0.25) is 4.79 Å². The van der Waals surface area contributed by atoms with Gasteiger partial charge in [-0.05, 0) is 11.6 Å². The number of fused-ring (bicyclic) bond motifs is 1. The van der Waals surface area contributed by atoms with E-state index in [-0.39, 0.29) is 34.4 Å². The molecule has 3 heteroatoms. The van der Waals surface area contributed by atoms with Gasteiger partial charge in [-0.1, -0.05) is 18.2 Å². The van der Waals surface area contributed by atoms with Gasteiger partial charge in [0.15, 0.2) is 0 Å². The molecule has 0 atom stereocenters. The zero-order valence-corrected chi connectivity index (χ0v) is 9.77. The van der Waals surface area contributed by atoms with Crippen LogP contribution < -0.4 is 5.32 Å². The predicted molar refractivity (Wildman–Crippen MR) is 44.0 cm³/mol. The molecule has 2 rings (SSSR count). The Balaban J connectivity index is 0.000000605. The van der Waals surface area contributed by atoms with Crippen molar-refractivity contribution in [2.75, 3.05) is 0 Å². The van der Waals surface area contributed by atoms with Crippen LogP contribution >= 0.6 is 0 Å². The zero-order valence-electron chi connectivity index (χ0n) is 6.83. The Morgan fingerprint density at radius 2 is 1.92 bits per heavy atom. The van der Waals surface area contributed by atoms with Gasteiger partial charge in [0.05, 0.1) is 0 Å². The van der Waals surface area contributed by atoms with Crippen molar-refractivity contribution in [3.8, 4) is 0 Å². The molecule has 1 heterocycles. The molecule has 1 N–H and O–H groups in total. The topological polar surface area (TPSA) is 29.1 Å². The molecule has 0 aliphatic carbocycles. The molecular formula is C9H10NOW-. The second-order valence-corrected chi connectivity index (χ2v) is 2.34. The van der Waals surface area contributed by atoms with Crippen LogP contribution in [0.2, 0.25) is 0 Å². The first kappa shape index (κ1) is 11.4. The van der Waals surface area contributed by atoms with Crippen LogP contribution in [0.15, 0.2) is 24.3 Å². The fourth-order valence-corrected chi connectivity index (χ4v) is 1.17. The van der Waals surface area contributed by atoms with Crippen molar-refractivity contribution in [1.29, 1.82) is 0 Å². The molecule has 0 unspecified atom stereocenters. The summed E-state index contributed by atoms with van der Waals surface area (Å²) in [7, 11) is 0. The van der Waals surface area contributed by atoms with Gasteiger partial charge in [0, 0.05) is 33.2 Å². The fourth-order valence-electron chi connectivity index (χ4n) is 1.17. The minimum absolute atomic E-state index is 0. The number of nitrogens with one attached hydrogen (secondary N) is 1. The second-order valence-electron chi connectivity index (χ2n) is 2.34. The molecule has 1 aromatic carbocycles. The molecule has 0 aromatic heterocycles. The Morgan fingerprint density at radius 1 is 1.25 bits per heavy atom. The van der Waals surface area contributed by atoms with Gasteiger partial charge in [-0.15, -0.1) is 0 Å². The maximum atomic E-state index is 11.0. The molecule has 0 bridgehead atoms. The first-order valence-electron chi connectivity index (χ1n) is 3.24. The summed E-state index contributed by atoms with van der Waals surface area (Å²) in [6.07, 6.45) is 0. The summed E-state index contributed by atoms with van der Waals surface area (Å²) in [6.45, 7) is 0.689. The molecular weight excluding hydrogens is 322 g/mol. The first-order chi connectivity index (χ1) is 4.88. The van der Waals surface area contributed by atoms with Crippen molar-refractivity contribution in [1.82, 2.24) is 5.32 Å². The van der Waals surface area contributed by atoms with E-state index in [0.717, 1.165) is 11.1 Å². The standard InChI is InChI=1S/C8H7NO.CH3.W/c10-8-7-4-2-1-3-6(7)5-9-8;;/h1-4H,5H2,(H,9,10);1H3;/q;-1;. The molecule has 0 fully saturated rings. The summed E-state index contributed by atoms with van der Waals surface area (Å²) >= 11 is 0. The van der Waals surface area contributed by atoms with E-state index in [4.69, 9.17) is 0 Å². The third kappa shape index (κ3) is 1.75. The van der Waals surface area contributed by atoms with Crippen LogP contribution in [0.5, 0.6) is 0 Å². The van der Waals surface area contributed by atoms with E-state index in [1.165, 1.54) is 0 Å². The van der Waals surface area contributed by atoms with Crippen LogP contribution in [0.3, 0.4) is 0 Å². The maximum Gasteiger partial charge on any atom is 0.251 e. The Labute approximate surface area is 86.6 Å². The summed E-state index contributed by atoms with van der Waals surface area (Å²) in [6, 6.07) is 7.63. The van der Waals surface area contributed by atoms with Gasteiger partial charge in [0.25, 0.3) is 5.91 Å². The van der Waals surface area contributed by atoms with Crippen LogP contribution in [-0.4, -0.2) is 5.91 Å². The predicted octanol–water partition coefficient (Wildman–Crippen LogP) is 1.38. The molecule has 1 aromatic rings. The second kappa shape index (κ2) is 4.42. The molecule has 1 aliphatic heterocycles. The number of carbonyl (C=O) groups is 1. The maximum absolute atomic E-state index is 11.0. The molecule has 0 saturated carbocycles. The van der Waals surface area contributed by atoms with Crippen molar-refractivity contribution in [2.45, 2.75) is 6.54 Å². The van der Waals surface area contributed by atoms with E-state index >= 15 is 0 Å². The van der Waals surface area contributed by atoms with E-state index in [1.807, 2.05) is 24.3 Å². The van der Waals surface area contributed by atoms with Crippen LogP contribution in [-0.2, 0) is 27.6 Å². The average molecular weight is 332 g/mol. The number of amides is 1. The van der Waals surface area contributed by atoms with Crippen molar-refractivity contribution >= 4 is 5.91 Å². The summed E-state index contributed by atoms with van der Waals surface area (Å²) in [4.78, 5) is 11.0. The smallest absolute Gasteiger partial charge is 0.251 e. The number of rotatable bonds is 0. The molecule has 1 amide bonds. The number of hydrogen-bond acceptors (Lipinski definition) is 1. The van der Waals surface area contributed by atoms with Gasteiger partial charge in [0.1, 0.15) is 0 Å². The largest absolute Gasteiger partial charge is 0.358 e. The van der Waals surface area contributed by atoms with Gasteiger partial charge in [-0.25, -0.2) is 0 Å². The zero-order chi connectivity index (χ0) is 6.97. The van der Waals surface area contributed by atoms with E-state index in [9.17, 15) is 4.79 Å². The van der Waals surface area contributed by atoms with Crippen LogP contribution in [0, 0.1) is 7.43 Å². The Hall–Kier alpha value is -0.622. The van der Waals surface area contributed by atoms with Gasteiger partial charge >= 0.3 is 0 Å². The molecule has 64 valence electrons. The number of hydrogen-bond donors (Lipinski definition) is 1. The van der Waals surface area contributed by atoms with Gasteiger partial charge < -0.3 is 12.7 Å². The third-order valence-electron chi connectivity index (χ3n) is 1.70. The Morgan fingerprint density at radius 3 is 2.58 bits per heavy atom. The summed E-state index contributed by atoms with van der Waals surface area (Å²) < 4.78 is 0. The minimum atomic E-state index is 0. The van der Waals surface area contributed by atoms with Crippen molar-refractivity contribution in [3.05, 3.63) is 42.8 Å². The van der Waals surface area contributed by atoms with Gasteiger partial charge in [-0.2, -0.15) is 0 Å². The van der Waals surface area contributed by atoms with Crippen LogP contribution in [0.25, 0.3) is 0 Å². The SMILES string of the molecule is O=C1NCc2ccccc21.[CH3-].[W].